The Morgan fingerprint density at radius 1 is 1.29 bits per heavy atom. The van der Waals surface area contributed by atoms with Crippen molar-refractivity contribution in [1.82, 2.24) is 24.5 Å². The summed E-state index contributed by atoms with van der Waals surface area (Å²) < 4.78 is 2.51. The van der Waals surface area contributed by atoms with E-state index in [1.165, 1.54) is 11.0 Å². The number of halogens is 1. The number of carbonyl (C=O) groups is 1. The van der Waals surface area contributed by atoms with Gasteiger partial charge in [0.05, 0.1) is 5.69 Å². The number of hydrogen-bond acceptors (Lipinski definition) is 5. The fourth-order valence-electron chi connectivity index (χ4n) is 1.88. The molecule has 2 aromatic heterocycles. The van der Waals surface area contributed by atoms with Crippen molar-refractivity contribution in [2.75, 3.05) is 0 Å². The lowest BCUT2D eigenvalue weighted by Gasteiger charge is -2.03. The average Bonchev–Trinajstić information content (AvgIpc) is 2.87. The third-order valence-electron chi connectivity index (χ3n) is 2.83. The Bertz CT molecular complexity index is 883. The zero-order chi connectivity index (χ0) is 15.0. The summed E-state index contributed by atoms with van der Waals surface area (Å²) in [5.41, 5.74) is 5.62. The van der Waals surface area contributed by atoms with Gasteiger partial charge in [0, 0.05) is 5.02 Å². The summed E-state index contributed by atoms with van der Waals surface area (Å²) in [4.78, 5) is 27.2. The van der Waals surface area contributed by atoms with Gasteiger partial charge in [-0.05, 0) is 24.3 Å². The number of fused-ring (bicyclic) bond motifs is 1. The molecule has 0 saturated carbocycles. The molecule has 9 heteroatoms. The molecular weight excluding hydrogens is 296 g/mol. The van der Waals surface area contributed by atoms with E-state index in [4.69, 9.17) is 17.3 Å². The molecule has 0 fully saturated rings. The quantitative estimate of drug-likeness (QED) is 0.739. The van der Waals surface area contributed by atoms with Crippen LogP contribution in [-0.4, -0.2) is 30.5 Å². The number of nitrogens with zero attached hydrogens (tertiary/aromatic N) is 5. The number of carbonyl (C=O) groups excluding carboxylic acids is 1. The van der Waals surface area contributed by atoms with Gasteiger partial charge in [-0.1, -0.05) is 16.8 Å². The lowest BCUT2D eigenvalue weighted by Crippen LogP contribution is -2.28. The van der Waals surface area contributed by atoms with Crippen LogP contribution in [0.3, 0.4) is 0 Å². The first-order valence-electron chi connectivity index (χ1n) is 5.91. The SMILES string of the molecule is NC(=O)Cn1cnc2c(nnn2-c2ccc(Cl)cc2)c1=O. The highest BCUT2D eigenvalue weighted by Crippen LogP contribution is 2.15. The minimum Gasteiger partial charge on any atom is -0.368 e. The van der Waals surface area contributed by atoms with Crippen LogP contribution in [-0.2, 0) is 11.3 Å². The largest absolute Gasteiger partial charge is 0.368 e. The van der Waals surface area contributed by atoms with Gasteiger partial charge in [-0.3, -0.25) is 14.2 Å². The van der Waals surface area contributed by atoms with E-state index in [-0.39, 0.29) is 12.1 Å². The molecule has 0 bridgehead atoms. The topological polar surface area (TPSA) is 109 Å². The zero-order valence-corrected chi connectivity index (χ0v) is 11.4. The van der Waals surface area contributed by atoms with E-state index in [9.17, 15) is 9.59 Å². The minimum absolute atomic E-state index is 0.0636. The zero-order valence-electron chi connectivity index (χ0n) is 10.6. The molecule has 0 aliphatic heterocycles. The summed E-state index contributed by atoms with van der Waals surface area (Å²) in [6, 6.07) is 6.84. The molecule has 0 aliphatic carbocycles. The van der Waals surface area contributed by atoms with Gasteiger partial charge in [0.15, 0.2) is 11.2 Å². The van der Waals surface area contributed by atoms with Gasteiger partial charge in [-0.25, -0.2) is 4.98 Å². The molecule has 0 saturated heterocycles. The van der Waals surface area contributed by atoms with E-state index in [0.29, 0.717) is 16.4 Å². The van der Waals surface area contributed by atoms with E-state index < -0.39 is 11.5 Å². The summed E-state index contributed by atoms with van der Waals surface area (Å²) in [7, 11) is 0. The summed E-state index contributed by atoms with van der Waals surface area (Å²) in [5.74, 6) is -0.636. The van der Waals surface area contributed by atoms with Crippen molar-refractivity contribution in [2.45, 2.75) is 6.54 Å². The lowest BCUT2D eigenvalue weighted by molar-refractivity contribution is -0.118. The van der Waals surface area contributed by atoms with E-state index in [1.807, 2.05) is 0 Å². The van der Waals surface area contributed by atoms with Gasteiger partial charge in [-0.2, -0.15) is 4.68 Å². The molecule has 0 atom stereocenters. The number of rotatable bonds is 3. The van der Waals surface area contributed by atoms with Crippen LogP contribution in [0.25, 0.3) is 16.9 Å². The van der Waals surface area contributed by atoms with Gasteiger partial charge in [-0.15, -0.1) is 5.10 Å². The maximum Gasteiger partial charge on any atom is 0.284 e. The van der Waals surface area contributed by atoms with E-state index in [1.54, 1.807) is 24.3 Å². The second kappa shape index (κ2) is 4.98. The van der Waals surface area contributed by atoms with Crippen molar-refractivity contribution >= 4 is 28.7 Å². The lowest BCUT2D eigenvalue weighted by atomic mass is 10.3. The van der Waals surface area contributed by atoms with Crippen LogP contribution in [0, 0.1) is 0 Å². The molecule has 3 rings (SSSR count). The summed E-state index contributed by atoms with van der Waals surface area (Å²) in [5, 5.41) is 8.31. The average molecular weight is 305 g/mol. The molecule has 0 unspecified atom stereocenters. The summed E-state index contributed by atoms with van der Waals surface area (Å²) >= 11 is 5.83. The van der Waals surface area contributed by atoms with Crippen molar-refractivity contribution in [3.05, 3.63) is 46.0 Å². The van der Waals surface area contributed by atoms with Crippen molar-refractivity contribution < 1.29 is 4.79 Å². The van der Waals surface area contributed by atoms with Gasteiger partial charge in [0.2, 0.25) is 5.91 Å². The van der Waals surface area contributed by atoms with E-state index in [0.717, 1.165) is 4.57 Å². The smallest absolute Gasteiger partial charge is 0.284 e. The van der Waals surface area contributed by atoms with Crippen LogP contribution in [0.1, 0.15) is 0 Å². The Balaban J connectivity index is 2.15. The molecule has 0 spiro atoms. The Morgan fingerprint density at radius 3 is 2.67 bits per heavy atom. The second-order valence-electron chi connectivity index (χ2n) is 4.29. The molecular formula is C12H9ClN6O2. The predicted molar refractivity (Wildman–Crippen MR) is 75.1 cm³/mol. The molecule has 0 aliphatic rings. The Labute approximate surface area is 122 Å². The summed E-state index contributed by atoms with van der Waals surface area (Å²) in [6.07, 6.45) is 1.24. The van der Waals surface area contributed by atoms with Crippen molar-refractivity contribution in [3.63, 3.8) is 0 Å². The first-order chi connectivity index (χ1) is 10.1. The molecule has 106 valence electrons. The predicted octanol–water partition coefficient (Wildman–Crippen LogP) is 0.116. The van der Waals surface area contributed by atoms with Gasteiger partial charge in [0.1, 0.15) is 12.9 Å². The Kier molecular flexibility index (Phi) is 3.15. The highest BCUT2D eigenvalue weighted by Gasteiger charge is 2.13. The van der Waals surface area contributed by atoms with Crippen molar-refractivity contribution in [1.29, 1.82) is 0 Å². The molecule has 8 nitrogen and oxygen atoms in total. The van der Waals surface area contributed by atoms with Crippen LogP contribution in [0.5, 0.6) is 0 Å². The molecule has 2 N–H and O–H groups in total. The number of amides is 1. The van der Waals surface area contributed by atoms with Gasteiger partial charge < -0.3 is 5.73 Å². The molecule has 3 aromatic rings. The normalized spacial score (nSPS) is 10.9. The molecule has 1 amide bonds. The molecule has 1 aromatic carbocycles. The molecule has 0 radical (unpaired) electrons. The van der Waals surface area contributed by atoms with E-state index in [2.05, 4.69) is 15.3 Å². The number of aromatic nitrogens is 5. The monoisotopic (exact) mass is 304 g/mol. The van der Waals surface area contributed by atoms with Crippen LogP contribution in [0.2, 0.25) is 5.02 Å². The van der Waals surface area contributed by atoms with Crippen LogP contribution < -0.4 is 11.3 Å². The number of hydrogen-bond donors (Lipinski definition) is 1. The number of nitrogens with two attached hydrogens (primary N) is 1. The Hall–Kier alpha value is -2.74. The van der Waals surface area contributed by atoms with Crippen molar-refractivity contribution in [3.8, 4) is 5.69 Å². The van der Waals surface area contributed by atoms with Gasteiger partial charge in [0.25, 0.3) is 5.56 Å². The fourth-order valence-corrected chi connectivity index (χ4v) is 2.01. The first kappa shape index (κ1) is 13.3. The van der Waals surface area contributed by atoms with Crippen LogP contribution >= 0.6 is 11.6 Å². The van der Waals surface area contributed by atoms with Crippen LogP contribution in [0.4, 0.5) is 0 Å². The third kappa shape index (κ3) is 2.36. The number of primary amides is 1. The highest BCUT2D eigenvalue weighted by molar-refractivity contribution is 6.30. The standard InChI is InChI=1S/C12H9ClN6O2/c13-7-1-3-8(4-2-7)19-11-10(16-17-19)12(21)18(6-15-11)5-9(14)20/h1-4,6H,5H2,(H2,14,20). The minimum atomic E-state index is -0.636. The van der Waals surface area contributed by atoms with E-state index >= 15 is 0 Å². The highest BCUT2D eigenvalue weighted by atomic mass is 35.5. The fraction of sp³-hybridized carbons (Fsp3) is 0.0833. The molecule has 21 heavy (non-hydrogen) atoms. The molecule has 2 heterocycles. The maximum absolute atomic E-state index is 12.1. The Morgan fingerprint density at radius 2 is 2.00 bits per heavy atom. The first-order valence-corrected chi connectivity index (χ1v) is 6.29. The third-order valence-corrected chi connectivity index (χ3v) is 3.08. The summed E-state index contributed by atoms with van der Waals surface area (Å²) in [6.45, 7) is -0.254. The maximum atomic E-state index is 12.1. The van der Waals surface area contributed by atoms with Gasteiger partial charge >= 0.3 is 0 Å². The van der Waals surface area contributed by atoms with Crippen LogP contribution in [0.15, 0.2) is 35.4 Å². The van der Waals surface area contributed by atoms with Crippen molar-refractivity contribution in [2.24, 2.45) is 5.73 Å². The second-order valence-corrected chi connectivity index (χ2v) is 4.73. The number of benzene rings is 1.